The summed E-state index contributed by atoms with van der Waals surface area (Å²) in [6.07, 6.45) is 0.0702. The molecule has 1 unspecified atom stereocenters. The minimum Gasteiger partial charge on any atom is -0.497 e. The highest BCUT2D eigenvalue weighted by Crippen LogP contribution is 2.30. The van der Waals surface area contributed by atoms with E-state index in [-0.39, 0.29) is 18.9 Å². The van der Waals surface area contributed by atoms with Gasteiger partial charge in [-0.1, -0.05) is 0 Å². The number of methoxy groups -OCH3 is 1. The number of ether oxygens (including phenoxy) is 1. The van der Waals surface area contributed by atoms with E-state index < -0.39 is 11.9 Å². The summed E-state index contributed by atoms with van der Waals surface area (Å²) in [4.78, 5) is 24.3. The first kappa shape index (κ1) is 12.4. The van der Waals surface area contributed by atoms with Crippen LogP contribution >= 0.6 is 0 Å². The molecule has 0 aromatic heterocycles. The molecule has 1 aromatic carbocycles. The molecule has 1 N–H and O–H groups in total. The van der Waals surface area contributed by atoms with Crippen molar-refractivity contribution in [1.82, 2.24) is 0 Å². The second-order valence-corrected chi connectivity index (χ2v) is 4.40. The van der Waals surface area contributed by atoms with E-state index in [0.29, 0.717) is 0 Å². The van der Waals surface area contributed by atoms with Gasteiger partial charge in [-0.25, -0.2) is 0 Å². The van der Waals surface area contributed by atoms with Crippen LogP contribution in [0.3, 0.4) is 0 Å². The fourth-order valence-electron chi connectivity index (χ4n) is 2.16. The summed E-state index contributed by atoms with van der Waals surface area (Å²) in [5, 5.41) is 8.95. The zero-order chi connectivity index (χ0) is 13.3. The lowest BCUT2D eigenvalue weighted by molar-refractivity contribution is -0.141. The number of hydrogen-bond donors (Lipinski definition) is 1. The molecule has 1 saturated heterocycles. The molecule has 1 aliphatic rings. The average Bonchev–Trinajstić information content (AvgIpc) is 2.71. The number of rotatable bonds is 3. The van der Waals surface area contributed by atoms with E-state index in [1.165, 1.54) is 4.90 Å². The first-order valence-corrected chi connectivity index (χ1v) is 5.70. The SMILES string of the molecule is COc1ccc(N2CC(C(=O)O)CC2=O)c(C)c1. The molecule has 0 radical (unpaired) electrons. The number of carbonyl (C=O) groups excluding carboxylic acids is 1. The summed E-state index contributed by atoms with van der Waals surface area (Å²) in [5.41, 5.74) is 1.65. The van der Waals surface area contributed by atoms with Gasteiger partial charge in [-0.2, -0.15) is 0 Å². The van der Waals surface area contributed by atoms with Crippen molar-refractivity contribution >= 4 is 17.6 Å². The van der Waals surface area contributed by atoms with E-state index in [9.17, 15) is 9.59 Å². The van der Waals surface area contributed by atoms with Gasteiger partial charge in [-0.05, 0) is 30.7 Å². The minimum atomic E-state index is -0.919. The molecule has 0 bridgehead atoms. The highest BCUT2D eigenvalue weighted by atomic mass is 16.5. The third-order valence-electron chi connectivity index (χ3n) is 3.17. The molecule has 1 fully saturated rings. The number of amides is 1. The number of benzene rings is 1. The second kappa shape index (κ2) is 4.68. The van der Waals surface area contributed by atoms with Gasteiger partial charge in [-0.15, -0.1) is 0 Å². The fourth-order valence-corrected chi connectivity index (χ4v) is 2.16. The molecule has 0 aliphatic carbocycles. The number of aliphatic carboxylic acids is 1. The van der Waals surface area contributed by atoms with Crippen LogP contribution in [0.15, 0.2) is 18.2 Å². The quantitative estimate of drug-likeness (QED) is 0.880. The molecular formula is C13H15NO4. The van der Waals surface area contributed by atoms with Crippen molar-refractivity contribution in [3.05, 3.63) is 23.8 Å². The van der Waals surface area contributed by atoms with E-state index >= 15 is 0 Å². The Balaban J connectivity index is 2.27. The normalized spacial score (nSPS) is 19.1. The predicted molar refractivity (Wildman–Crippen MR) is 65.8 cm³/mol. The van der Waals surface area contributed by atoms with Crippen LogP contribution in [-0.4, -0.2) is 30.6 Å². The van der Waals surface area contributed by atoms with Gasteiger partial charge in [0.1, 0.15) is 5.75 Å². The highest BCUT2D eigenvalue weighted by molar-refractivity contribution is 5.99. The van der Waals surface area contributed by atoms with Gasteiger partial charge in [0, 0.05) is 18.7 Å². The van der Waals surface area contributed by atoms with Crippen LogP contribution in [0, 0.1) is 12.8 Å². The van der Waals surface area contributed by atoms with Crippen molar-refractivity contribution in [1.29, 1.82) is 0 Å². The van der Waals surface area contributed by atoms with Crippen LogP contribution in [0.4, 0.5) is 5.69 Å². The third kappa shape index (κ3) is 2.16. The van der Waals surface area contributed by atoms with Crippen LogP contribution in [0.25, 0.3) is 0 Å². The average molecular weight is 249 g/mol. The molecule has 96 valence electrons. The van der Waals surface area contributed by atoms with Gasteiger partial charge in [0.05, 0.1) is 13.0 Å². The third-order valence-corrected chi connectivity index (χ3v) is 3.17. The van der Waals surface area contributed by atoms with Crippen LogP contribution in [-0.2, 0) is 9.59 Å². The number of carboxylic acids is 1. The van der Waals surface area contributed by atoms with Gasteiger partial charge in [0.25, 0.3) is 0 Å². The molecule has 5 nitrogen and oxygen atoms in total. The molecular weight excluding hydrogens is 234 g/mol. The summed E-state index contributed by atoms with van der Waals surface area (Å²) >= 11 is 0. The number of aryl methyl sites for hydroxylation is 1. The summed E-state index contributed by atoms with van der Waals surface area (Å²) < 4.78 is 5.10. The van der Waals surface area contributed by atoms with E-state index in [0.717, 1.165) is 17.0 Å². The van der Waals surface area contributed by atoms with Gasteiger partial charge in [0.15, 0.2) is 0 Å². The summed E-state index contributed by atoms with van der Waals surface area (Å²) in [5.74, 6) is -0.954. The maximum absolute atomic E-state index is 11.8. The molecule has 0 spiro atoms. The molecule has 5 heteroatoms. The van der Waals surface area contributed by atoms with Crippen LogP contribution in [0.2, 0.25) is 0 Å². The topological polar surface area (TPSA) is 66.8 Å². The number of nitrogens with zero attached hydrogens (tertiary/aromatic N) is 1. The van der Waals surface area contributed by atoms with Crippen molar-refractivity contribution in [3.63, 3.8) is 0 Å². The van der Waals surface area contributed by atoms with Gasteiger partial charge in [-0.3, -0.25) is 9.59 Å². The van der Waals surface area contributed by atoms with Crippen LogP contribution in [0.1, 0.15) is 12.0 Å². The van der Waals surface area contributed by atoms with Gasteiger partial charge in [0.2, 0.25) is 5.91 Å². The maximum Gasteiger partial charge on any atom is 0.308 e. The first-order valence-electron chi connectivity index (χ1n) is 5.70. The van der Waals surface area contributed by atoms with E-state index in [1.54, 1.807) is 19.2 Å². The largest absolute Gasteiger partial charge is 0.497 e. The molecule has 0 saturated carbocycles. The van der Waals surface area contributed by atoms with Gasteiger partial charge < -0.3 is 14.7 Å². The molecule has 18 heavy (non-hydrogen) atoms. The van der Waals surface area contributed by atoms with E-state index in [1.807, 2.05) is 13.0 Å². The maximum atomic E-state index is 11.8. The number of carbonyl (C=O) groups is 2. The number of hydrogen-bond acceptors (Lipinski definition) is 3. The minimum absolute atomic E-state index is 0.0702. The van der Waals surface area contributed by atoms with Crippen molar-refractivity contribution in [2.45, 2.75) is 13.3 Å². The molecule has 1 aromatic rings. The van der Waals surface area contributed by atoms with E-state index in [4.69, 9.17) is 9.84 Å². The van der Waals surface area contributed by atoms with E-state index in [2.05, 4.69) is 0 Å². The van der Waals surface area contributed by atoms with Crippen LogP contribution in [0.5, 0.6) is 5.75 Å². The molecule has 2 rings (SSSR count). The van der Waals surface area contributed by atoms with Crippen molar-refractivity contribution in [2.24, 2.45) is 5.92 Å². The summed E-state index contributed by atoms with van der Waals surface area (Å²) in [6, 6.07) is 5.39. The Kier molecular flexibility index (Phi) is 3.23. The zero-order valence-corrected chi connectivity index (χ0v) is 10.3. The number of anilines is 1. The number of carboxylic acid groups (broad SMARTS) is 1. The predicted octanol–water partition coefficient (Wildman–Crippen LogP) is 1.44. The highest BCUT2D eigenvalue weighted by Gasteiger charge is 2.35. The standard InChI is InChI=1S/C13H15NO4/c1-8-5-10(18-2)3-4-11(8)14-7-9(13(16)17)6-12(14)15/h3-5,9H,6-7H2,1-2H3,(H,16,17). The van der Waals surface area contributed by atoms with Crippen molar-refractivity contribution in [3.8, 4) is 5.75 Å². The Hall–Kier alpha value is -2.04. The Morgan fingerprint density at radius 1 is 1.50 bits per heavy atom. The zero-order valence-electron chi connectivity index (χ0n) is 10.3. The summed E-state index contributed by atoms with van der Waals surface area (Å²) in [6.45, 7) is 2.11. The molecule has 1 amide bonds. The Bertz CT molecular complexity index is 498. The van der Waals surface area contributed by atoms with Crippen molar-refractivity contribution < 1.29 is 19.4 Å². The molecule has 1 atom stereocenters. The Morgan fingerprint density at radius 3 is 2.72 bits per heavy atom. The van der Waals surface area contributed by atoms with Crippen molar-refractivity contribution in [2.75, 3.05) is 18.6 Å². The fraction of sp³-hybridized carbons (Fsp3) is 0.385. The Morgan fingerprint density at radius 2 is 2.22 bits per heavy atom. The lowest BCUT2D eigenvalue weighted by atomic mass is 10.1. The lowest BCUT2D eigenvalue weighted by Gasteiger charge is -2.19. The smallest absolute Gasteiger partial charge is 0.308 e. The van der Waals surface area contributed by atoms with Gasteiger partial charge >= 0.3 is 5.97 Å². The lowest BCUT2D eigenvalue weighted by Crippen LogP contribution is -2.26. The summed E-state index contributed by atoms with van der Waals surface area (Å²) in [7, 11) is 1.58. The molecule has 1 aliphatic heterocycles. The monoisotopic (exact) mass is 249 g/mol. The second-order valence-electron chi connectivity index (χ2n) is 4.40. The molecule has 1 heterocycles. The Labute approximate surface area is 105 Å². The van der Waals surface area contributed by atoms with Crippen LogP contribution < -0.4 is 9.64 Å². The first-order chi connectivity index (χ1) is 8.52.